The molecule has 24 heavy (non-hydrogen) atoms. The number of ether oxygens (including phenoxy) is 1. The Morgan fingerprint density at radius 2 is 2.12 bits per heavy atom. The zero-order valence-electron chi connectivity index (χ0n) is 13.7. The van der Waals surface area contributed by atoms with E-state index in [1.807, 2.05) is 49.3 Å². The number of morpholine rings is 1. The van der Waals surface area contributed by atoms with E-state index in [9.17, 15) is 9.59 Å². The minimum absolute atomic E-state index is 0.0198. The van der Waals surface area contributed by atoms with Crippen molar-refractivity contribution < 1.29 is 9.53 Å². The lowest BCUT2D eigenvalue weighted by atomic mass is 9.97. The average molecular weight is 331 g/mol. The molecular formula is C16H21N5O3. The molecule has 0 unspecified atom stereocenters. The first-order valence-corrected chi connectivity index (χ1v) is 7.83. The summed E-state index contributed by atoms with van der Waals surface area (Å²) in [6.07, 6.45) is -0.161. The van der Waals surface area contributed by atoms with Gasteiger partial charge in [-0.3, -0.25) is 9.78 Å². The normalized spacial score (nSPS) is 21.2. The largest absolute Gasteiger partial charge is 0.373 e. The molecule has 8 heteroatoms. The number of rotatable bonds is 4. The zero-order chi connectivity index (χ0) is 17.1. The quantitative estimate of drug-likeness (QED) is 0.837. The van der Waals surface area contributed by atoms with Crippen molar-refractivity contribution in [2.24, 2.45) is 0 Å². The van der Waals surface area contributed by atoms with Crippen LogP contribution in [0.5, 0.6) is 0 Å². The maximum atomic E-state index is 12.8. The van der Waals surface area contributed by atoms with Gasteiger partial charge in [0.1, 0.15) is 0 Å². The molecule has 0 radical (unpaired) electrons. The Morgan fingerprint density at radius 1 is 1.38 bits per heavy atom. The number of aromatic amines is 2. The summed E-state index contributed by atoms with van der Waals surface area (Å²) < 4.78 is 5.94. The van der Waals surface area contributed by atoms with Crippen LogP contribution in [0.25, 0.3) is 0 Å². The van der Waals surface area contributed by atoms with E-state index >= 15 is 0 Å². The number of benzene rings is 1. The van der Waals surface area contributed by atoms with Gasteiger partial charge in [0.2, 0.25) is 5.82 Å². The summed E-state index contributed by atoms with van der Waals surface area (Å²) in [5.74, 6) is -0.291. The molecule has 2 atom stereocenters. The van der Waals surface area contributed by atoms with Gasteiger partial charge in [0.05, 0.1) is 18.8 Å². The third-order valence-corrected chi connectivity index (χ3v) is 4.00. The van der Waals surface area contributed by atoms with Gasteiger partial charge in [0, 0.05) is 13.1 Å². The van der Waals surface area contributed by atoms with Crippen LogP contribution in [0.15, 0.2) is 35.1 Å². The fraction of sp³-hybridized carbons (Fsp3) is 0.438. The molecule has 2 heterocycles. The fourth-order valence-electron chi connectivity index (χ4n) is 3.03. The highest BCUT2D eigenvalue weighted by Crippen LogP contribution is 2.30. The Labute approximate surface area is 139 Å². The summed E-state index contributed by atoms with van der Waals surface area (Å²) >= 11 is 0. The molecule has 2 N–H and O–H groups in total. The van der Waals surface area contributed by atoms with E-state index in [1.54, 1.807) is 4.90 Å². The van der Waals surface area contributed by atoms with Crippen LogP contribution in [-0.4, -0.2) is 70.8 Å². The minimum Gasteiger partial charge on any atom is -0.373 e. The van der Waals surface area contributed by atoms with Gasteiger partial charge >= 0.3 is 5.69 Å². The van der Waals surface area contributed by atoms with Gasteiger partial charge in [-0.25, -0.2) is 9.89 Å². The standard InChI is InChI=1S/C16H21N5O3/c1-20(2)10-12-13(11-6-4-3-5-7-11)21(8-9-24-12)15(22)14-17-16(23)19-18-14/h3-7,12-13H,8-10H2,1-2H3,(H2,17,18,19,23)/t12-,13-/m0/s1. The number of carbonyl (C=O) groups is 1. The van der Waals surface area contributed by atoms with E-state index in [2.05, 4.69) is 15.2 Å². The van der Waals surface area contributed by atoms with Gasteiger partial charge in [-0.15, -0.1) is 5.10 Å². The second-order valence-corrected chi connectivity index (χ2v) is 6.05. The molecule has 0 spiro atoms. The molecule has 3 rings (SSSR count). The van der Waals surface area contributed by atoms with Crippen LogP contribution < -0.4 is 5.69 Å². The zero-order valence-corrected chi connectivity index (χ0v) is 13.7. The number of hydrogen-bond acceptors (Lipinski definition) is 5. The summed E-state index contributed by atoms with van der Waals surface area (Å²) in [6, 6.07) is 9.54. The number of nitrogens with zero attached hydrogens (tertiary/aromatic N) is 3. The summed E-state index contributed by atoms with van der Waals surface area (Å²) in [7, 11) is 3.94. The third-order valence-electron chi connectivity index (χ3n) is 4.00. The SMILES string of the molecule is CN(C)C[C@@H]1OCCN(C(=O)c2n[nH]c(=O)[nH]2)[C@H]1c1ccccc1. The molecule has 1 aromatic carbocycles. The molecule has 0 aliphatic carbocycles. The van der Waals surface area contributed by atoms with Crippen molar-refractivity contribution in [2.75, 3.05) is 33.8 Å². The number of H-pyrrole nitrogens is 2. The van der Waals surface area contributed by atoms with Crippen molar-refractivity contribution in [3.05, 3.63) is 52.2 Å². The van der Waals surface area contributed by atoms with Gasteiger partial charge in [-0.2, -0.15) is 0 Å². The van der Waals surface area contributed by atoms with Gasteiger partial charge in [-0.1, -0.05) is 30.3 Å². The Hall–Kier alpha value is -2.45. The number of hydrogen-bond donors (Lipinski definition) is 2. The van der Waals surface area contributed by atoms with Crippen LogP contribution in [-0.2, 0) is 4.74 Å². The number of likely N-dealkylation sites (N-methyl/N-ethyl adjacent to an activating group) is 1. The monoisotopic (exact) mass is 331 g/mol. The van der Waals surface area contributed by atoms with Gasteiger partial charge in [0.15, 0.2) is 0 Å². The lowest BCUT2D eigenvalue weighted by Gasteiger charge is -2.42. The van der Waals surface area contributed by atoms with Crippen LogP contribution in [0, 0.1) is 0 Å². The molecule has 1 amide bonds. The lowest BCUT2D eigenvalue weighted by molar-refractivity contribution is -0.0687. The predicted octanol–water partition coefficient (Wildman–Crippen LogP) is 0.242. The fourth-order valence-corrected chi connectivity index (χ4v) is 3.03. The van der Waals surface area contributed by atoms with Crippen molar-refractivity contribution in [2.45, 2.75) is 12.1 Å². The van der Waals surface area contributed by atoms with Crippen molar-refractivity contribution in [1.29, 1.82) is 0 Å². The summed E-state index contributed by atoms with van der Waals surface area (Å²) in [5, 5.41) is 6.01. The lowest BCUT2D eigenvalue weighted by Crippen LogP contribution is -2.51. The Morgan fingerprint density at radius 3 is 2.75 bits per heavy atom. The Balaban J connectivity index is 1.95. The smallest absolute Gasteiger partial charge is 0.341 e. The first-order chi connectivity index (χ1) is 11.6. The maximum Gasteiger partial charge on any atom is 0.341 e. The highest BCUT2D eigenvalue weighted by molar-refractivity contribution is 5.90. The van der Waals surface area contributed by atoms with Crippen molar-refractivity contribution in [3.8, 4) is 0 Å². The second-order valence-electron chi connectivity index (χ2n) is 6.05. The average Bonchev–Trinajstić information content (AvgIpc) is 3.01. The molecule has 0 bridgehead atoms. The number of aromatic nitrogens is 3. The Bertz CT molecular complexity index is 739. The van der Waals surface area contributed by atoms with Gasteiger partial charge < -0.3 is 14.5 Å². The molecule has 1 saturated heterocycles. The molecule has 0 saturated carbocycles. The predicted molar refractivity (Wildman–Crippen MR) is 87.7 cm³/mol. The molecular weight excluding hydrogens is 310 g/mol. The third kappa shape index (κ3) is 3.39. The van der Waals surface area contributed by atoms with Crippen molar-refractivity contribution in [1.82, 2.24) is 25.0 Å². The van der Waals surface area contributed by atoms with Crippen molar-refractivity contribution in [3.63, 3.8) is 0 Å². The summed E-state index contributed by atoms with van der Waals surface area (Å²) in [4.78, 5) is 30.3. The number of nitrogens with one attached hydrogen (secondary N) is 2. The van der Waals surface area contributed by atoms with Crippen LogP contribution in [0.4, 0.5) is 0 Å². The van der Waals surface area contributed by atoms with Crippen LogP contribution in [0.2, 0.25) is 0 Å². The highest BCUT2D eigenvalue weighted by atomic mass is 16.5. The van der Waals surface area contributed by atoms with E-state index in [0.29, 0.717) is 19.7 Å². The number of amides is 1. The van der Waals surface area contributed by atoms with E-state index < -0.39 is 5.69 Å². The van der Waals surface area contributed by atoms with Gasteiger partial charge in [-0.05, 0) is 19.7 Å². The summed E-state index contributed by atoms with van der Waals surface area (Å²) in [5.41, 5.74) is 0.503. The maximum absolute atomic E-state index is 12.8. The van der Waals surface area contributed by atoms with E-state index in [0.717, 1.165) is 5.56 Å². The molecule has 1 fully saturated rings. The van der Waals surface area contributed by atoms with Crippen LogP contribution in [0.1, 0.15) is 22.2 Å². The highest BCUT2D eigenvalue weighted by Gasteiger charge is 2.37. The van der Waals surface area contributed by atoms with E-state index in [-0.39, 0.29) is 23.9 Å². The molecule has 8 nitrogen and oxygen atoms in total. The summed E-state index contributed by atoms with van der Waals surface area (Å²) in [6.45, 7) is 1.57. The second kappa shape index (κ2) is 6.98. The molecule has 128 valence electrons. The topological polar surface area (TPSA) is 94.3 Å². The van der Waals surface area contributed by atoms with Crippen molar-refractivity contribution >= 4 is 5.91 Å². The first kappa shape index (κ1) is 16.4. The number of carbonyl (C=O) groups excluding carboxylic acids is 1. The van der Waals surface area contributed by atoms with Crippen LogP contribution in [0.3, 0.4) is 0 Å². The first-order valence-electron chi connectivity index (χ1n) is 7.83. The van der Waals surface area contributed by atoms with E-state index in [4.69, 9.17) is 4.74 Å². The minimum atomic E-state index is -0.493. The van der Waals surface area contributed by atoms with E-state index in [1.165, 1.54) is 0 Å². The Kier molecular flexibility index (Phi) is 4.77. The van der Waals surface area contributed by atoms with Gasteiger partial charge in [0.25, 0.3) is 5.91 Å². The van der Waals surface area contributed by atoms with Crippen LogP contribution >= 0.6 is 0 Å². The molecule has 1 aromatic heterocycles. The molecule has 2 aromatic rings. The molecule has 1 aliphatic rings. The molecule has 1 aliphatic heterocycles.